The molecule has 2 aliphatic heterocycles. The first-order chi connectivity index (χ1) is 26.5. The molecule has 11 aliphatic rings. The fraction of sp³-hybridized carbons (Fsp3) is 1.00. The second kappa shape index (κ2) is 15.2. The summed E-state index contributed by atoms with van der Waals surface area (Å²) in [5, 5.41) is 0. The lowest BCUT2D eigenvalue weighted by Gasteiger charge is -2.53. The third kappa shape index (κ3) is 6.40. The average Bonchev–Trinajstić information content (AvgIpc) is 3.89. The zero-order valence-electron chi connectivity index (χ0n) is 35.2. The molecule has 0 aromatic heterocycles. The zero-order chi connectivity index (χ0) is 36.0. The predicted octanol–water partition coefficient (Wildman–Crippen LogP) is 12.8. The topological polar surface area (TPSA) is 21.7 Å². The fourth-order valence-electron chi connectivity index (χ4n) is 18.9. The normalized spacial score (nSPS) is 53.2. The molecule has 3 heteroatoms. The van der Waals surface area contributed by atoms with Crippen molar-refractivity contribution >= 4 is 0 Å². The Kier molecular flexibility index (Phi) is 10.4. The molecular formula is C51H83NO2. The molecule has 11 fully saturated rings. The molecular weight excluding hydrogens is 659 g/mol. The Hall–Kier alpha value is -0.120. The highest BCUT2D eigenvalue weighted by Crippen LogP contribution is 2.64. The Bertz CT molecular complexity index is 1270. The Balaban J connectivity index is 0.847. The van der Waals surface area contributed by atoms with Gasteiger partial charge in [-0.3, -0.25) is 4.90 Å². The van der Waals surface area contributed by atoms with Gasteiger partial charge in [-0.25, -0.2) is 0 Å². The van der Waals surface area contributed by atoms with Crippen molar-refractivity contribution < 1.29 is 9.47 Å². The number of rotatable bonds is 5. The number of nitrogens with zero attached hydrogens (tertiary/aromatic N) is 1. The summed E-state index contributed by atoms with van der Waals surface area (Å²) in [5.41, 5.74) is 0.548. The van der Waals surface area contributed by atoms with E-state index in [-0.39, 0.29) is 0 Å². The molecule has 16 atom stereocenters. The molecule has 9 aliphatic carbocycles. The van der Waals surface area contributed by atoms with E-state index in [2.05, 4.69) is 18.7 Å². The summed E-state index contributed by atoms with van der Waals surface area (Å²) in [6.45, 7) is 5.50. The van der Waals surface area contributed by atoms with Crippen molar-refractivity contribution in [2.75, 3.05) is 0 Å². The molecule has 0 bridgehead atoms. The van der Waals surface area contributed by atoms with Crippen LogP contribution in [0.5, 0.6) is 0 Å². The van der Waals surface area contributed by atoms with Crippen molar-refractivity contribution in [1.82, 2.24) is 4.90 Å². The van der Waals surface area contributed by atoms with Gasteiger partial charge in [0.25, 0.3) is 0 Å². The van der Waals surface area contributed by atoms with Crippen LogP contribution >= 0.6 is 0 Å². The molecule has 0 amide bonds. The van der Waals surface area contributed by atoms with Gasteiger partial charge < -0.3 is 9.47 Å². The minimum Gasteiger partial charge on any atom is -0.374 e. The molecule has 3 nitrogen and oxygen atoms in total. The second-order valence-corrected chi connectivity index (χ2v) is 23.5. The van der Waals surface area contributed by atoms with Gasteiger partial charge in [-0.1, -0.05) is 90.9 Å². The van der Waals surface area contributed by atoms with E-state index in [1.165, 1.54) is 161 Å². The Labute approximate surface area is 332 Å². The van der Waals surface area contributed by atoms with Gasteiger partial charge in [0.05, 0.1) is 24.4 Å². The summed E-state index contributed by atoms with van der Waals surface area (Å²) in [6, 6.07) is 2.44. The first-order valence-corrected chi connectivity index (χ1v) is 25.6. The van der Waals surface area contributed by atoms with E-state index < -0.39 is 0 Å². The van der Waals surface area contributed by atoms with E-state index >= 15 is 0 Å². The van der Waals surface area contributed by atoms with Crippen molar-refractivity contribution in [3.63, 3.8) is 0 Å². The van der Waals surface area contributed by atoms with Gasteiger partial charge in [0.2, 0.25) is 0 Å². The first-order valence-electron chi connectivity index (χ1n) is 25.6. The van der Waals surface area contributed by atoms with Crippen LogP contribution in [-0.2, 0) is 9.47 Å². The van der Waals surface area contributed by atoms with E-state index in [0.717, 1.165) is 89.1 Å². The summed E-state index contributed by atoms with van der Waals surface area (Å²) >= 11 is 0. The smallest absolute Gasteiger partial charge is 0.0645 e. The molecule has 2 heterocycles. The first kappa shape index (κ1) is 36.9. The van der Waals surface area contributed by atoms with E-state index in [9.17, 15) is 0 Å². The summed E-state index contributed by atoms with van der Waals surface area (Å²) in [4.78, 5) is 3.36. The lowest BCUT2D eigenvalue weighted by Crippen LogP contribution is -2.56. The van der Waals surface area contributed by atoms with E-state index in [4.69, 9.17) is 9.47 Å². The summed E-state index contributed by atoms with van der Waals surface area (Å²) in [6.07, 6.45) is 45.2. The summed E-state index contributed by atoms with van der Waals surface area (Å²) < 4.78 is 14.8. The summed E-state index contributed by atoms with van der Waals surface area (Å²) in [5.74, 6) is 11.2. The quantitative estimate of drug-likeness (QED) is 0.280. The number of hydrogen-bond acceptors (Lipinski definition) is 3. The molecule has 9 saturated carbocycles. The predicted molar refractivity (Wildman–Crippen MR) is 220 cm³/mol. The van der Waals surface area contributed by atoms with Crippen LogP contribution < -0.4 is 0 Å². The molecule has 0 radical (unpaired) electrons. The van der Waals surface area contributed by atoms with Crippen molar-refractivity contribution in [3.8, 4) is 0 Å². The maximum atomic E-state index is 7.68. The molecule has 304 valence electrons. The number of ether oxygens (including phenoxy) is 2. The second-order valence-electron chi connectivity index (χ2n) is 23.5. The van der Waals surface area contributed by atoms with Crippen LogP contribution in [0.3, 0.4) is 0 Å². The minimum atomic E-state index is 0.522. The van der Waals surface area contributed by atoms with Crippen LogP contribution in [-0.4, -0.2) is 47.4 Å². The highest BCUT2D eigenvalue weighted by atomic mass is 16.5. The number of fused-ring (bicyclic) bond motifs is 9. The standard InChI is InChI=1S/C51H83NO2/c1-51(2)44-18-10-9-17-40(44)41-26-24-37(30-45(41)51)52(36-22-20-33(21-23-36)32-12-4-3-5-13-32)38-25-27-42-48(31-38)54-50-39-16-8-6-14-34(39)28-43(49(42)50)47-29-35-15-7-11-19-46(35)53-47/h32-50H,3-31H2,1-2H3. The van der Waals surface area contributed by atoms with Crippen LogP contribution in [0.1, 0.15) is 200 Å². The van der Waals surface area contributed by atoms with E-state index in [1.807, 2.05) is 0 Å². The average molecular weight is 742 g/mol. The van der Waals surface area contributed by atoms with Crippen molar-refractivity contribution in [2.24, 2.45) is 76.4 Å². The summed E-state index contributed by atoms with van der Waals surface area (Å²) in [7, 11) is 0. The van der Waals surface area contributed by atoms with Gasteiger partial charge in [-0.2, -0.15) is 0 Å². The zero-order valence-corrected chi connectivity index (χ0v) is 35.2. The molecule has 0 N–H and O–H groups in total. The van der Waals surface area contributed by atoms with Crippen LogP contribution in [0, 0.1) is 76.4 Å². The van der Waals surface area contributed by atoms with E-state index in [1.54, 1.807) is 25.7 Å². The Morgan fingerprint density at radius 1 is 0.370 bits per heavy atom. The van der Waals surface area contributed by atoms with Crippen LogP contribution in [0.2, 0.25) is 0 Å². The van der Waals surface area contributed by atoms with E-state index in [0.29, 0.717) is 29.8 Å². The van der Waals surface area contributed by atoms with Gasteiger partial charge in [0.15, 0.2) is 0 Å². The fourth-order valence-corrected chi connectivity index (χ4v) is 18.9. The number of hydrogen-bond donors (Lipinski definition) is 0. The van der Waals surface area contributed by atoms with Gasteiger partial charge in [0.1, 0.15) is 0 Å². The van der Waals surface area contributed by atoms with Gasteiger partial charge in [-0.15, -0.1) is 0 Å². The highest BCUT2D eigenvalue weighted by Gasteiger charge is 2.61. The third-order valence-corrected chi connectivity index (χ3v) is 21.2. The van der Waals surface area contributed by atoms with Crippen LogP contribution in [0.25, 0.3) is 0 Å². The molecule has 2 saturated heterocycles. The Morgan fingerprint density at radius 3 is 1.78 bits per heavy atom. The minimum absolute atomic E-state index is 0.522. The third-order valence-electron chi connectivity index (χ3n) is 21.2. The SMILES string of the molecule is CC1(C)C2CCCCC2C2CCC(N(C3CCC(C4CCCCC4)CC3)C3CCC4C(C3)OC3C5CCCCC5CC(C5CC6CCCCC6O5)C43)CC21. The molecule has 0 aromatic carbocycles. The molecule has 0 spiro atoms. The lowest BCUT2D eigenvalue weighted by atomic mass is 9.57. The van der Waals surface area contributed by atoms with Crippen LogP contribution in [0.4, 0.5) is 0 Å². The molecule has 16 unspecified atom stereocenters. The maximum Gasteiger partial charge on any atom is 0.0645 e. The lowest BCUT2D eigenvalue weighted by molar-refractivity contribution is -0.106. The largest absolute Gasteiger partial charge is 0.374 e. The van der Waals surface area contributed by atoms with Crippen molar-refractivity contribution in [3.05, 3.63) is 0 Å². The van der Waals surface area contributed by atoms with Gasteiger partial charge in [-0.05, 0) is 186 Å². The maximum absolute atomic E-state index is 7.68. The highest BCUT2D eigenvalue weighted by molar-refractivity contribution is 5.10. The molecule has 54 heavy (non-hydrogen) atoms. The Morgan fingerprint density at radius 2 is 0.963 bits per heavy atom. The van der Waals surface area contributed by atoms with Gasteiger partial charge >= 0.3 is 0 Å². The molecule has 11 rings (SSSR count). The molecule has 0 aromatic rings. The van der Waals surface area contributed by atoms with Gasteiger partial charge in [0, 0.05) is 18.1 Å². The van der Waals surface area contributed by atoms with Crippen molar-refractivity contribution in [2.45, 2.75) is 243 Å². The monoisotopic (exact) mass is 742 g/mol. The van der Waals surface area contributed by atoms with Crippen molar-refractivity contribution in [1.29, 1.82) is 0 Å². The van der Waals surface area contributed by atoms with Crippen LogP contribution in [0.15, 0.2) is 0 Å².